The van der Waals surface area contributed by atoms with Crippen molar-refractivity contribution in [3.8, 4) is 11.5 Å². The lowest BCUT2D eigenvalue weighted by Crippen LogP contribution is -2.22. The SMILES string of the molecule is CCc1cc2c(c(C(C)(C)C)c1)OP(c1cc(C)c(C)cc1C)Oc1c(cc(CC)cc1C(C)(C)C)C2. The molecule has 3 heteroatoms. The lowest BCUT2D eigenvalue weighted by atomic mass is 9.81. The predicted octanol–water partition coefficient (Wildman–Crippen LogP) is 9.33. The molecule has 0 aromatic heterocycles. The summed E-state index contributed by atoms with van der Waals surface area (Å²) in [7, 11) is -1.39. The van der Waals surface area contributed by atoms with Crippen LogP contribution in [0.25, 0.3) is 0 Å². The highest BCUT2D eigenvalue weighted by molar-refractivity contribution is 7.56. The highest BCUT2D eigenvalue weighted by atomic mass is 31.2. The Hall–Kier alpha value is -2.31. The fourth-order valence-corrected chi connectivity index (χ4v) is 6.79. The van der Waals surface area contributed by atoms with E-state index in [0.29, 0.717) is 0 Å². The lowest BCUT2D eigenvalue weighted by molar-refractivity contribution is 0.456. The van der Waals surface area contributed by atoms with Crippen LogP contribution in [0.3, 0.4) is 0 Å². The van der Waals surface area contributed by atoms with Crippen LogP contribution < -0.4 is 14.4 Å². The van der Waals surface area contributed by atoms with Crippen molar-refractivity contribution in [2.75, 3.05) is 0 Å². The molecular formula is C34H45O2P. The van der Waals surface area contributed by atoms with E-state index in [1.807, 2.05) is 0 Å². The number of hydrogen-bond donors (Lipinski definition) is 0. The summed E-state index contributed by atoms with van der Waals surface area (Å²) >= 11 is 0. The van der Waals surface area contributed by atoms with Crippen LogP contribution in [0.1, 0.15) is 105 Å². The Balaban J connectivity index is 2.07. The molecule has 0 saturated heterocycles. The van der Waals surface area contributed by atoms with Gasteiger partial charge in [-0.25, -0.2) is 0 Å². The summed E-state index contributed by atoms with van der Waals surface area (Å²) in [6.45, 7) is 24.8. The van der Waals surface area contributed by atoms with Crippen molar-refractivity contribution in [2.24, 2.45) is 0 Å². The highest BCUT2D eigenvalue weighted by Gasteiger charge is 2.33. The molecule has 4 rings (SSSR count). The van der Waals surface area contributed by atoms with E-state index in [0.717, 1.165) is 36.1 Å². The van der Waals surface area contributed by atoms with E-state index in [2.05, 4.69) is 113 Å². The standard InChI is InChI=1S/C34H45O2P/c1-12-24-16-26-20-27-17-25(13-2)19-29(34(9,10)11)32(27)36-37(30-15-22(4)21(3)14-23(30)5)35-31(26)28(18-24)33(6,7)8/h14-19H,12-13,20H2,1-11H3. The van der Waals surface area contributed by atoms with Crippen molar-refractivity contribution in [1.82, 2.24) is 0 Å². The Morgan fingerprint density at radius 3 is 1.46 bits per heavy atom. The van der Waals surface area contributed by atoms with Gasteiger partial charge in [0.1, 0.15) is 11.5 Å². The molecule has 1 aliphatic rings. The third-order valence-corrected chi connectivity index (χ3v) is 9.19. The van der Waals surface area contributed by atoms with E-state index < -0.39 is 8.38 Å². The van der Waals surface area contributed by atoms with E-state index in [-0.39, 0.29) is 10.8 Å². The van der Waals surface area contributed by atoms with Gasteiger partial charge in [-0.15, -0.1) is 0 Å². The van der Waals surface area contributed by atoms with Crippen molar-refractivity contribution in [1.29, 1.82) is 0 Å². The summed E-state index contributed by atoms with van der Waals surface area (Å²) in [4.78, 5) is 0. The average Bonchev–Trinajstić information content (AvgIpc) is 2.79. The molecule has 0 atom stereocenters. The van der Waals surface area contributed by atoms with Crippen LogP contribution in [-0.2, 0) is 30.1 Å². The van der Waals surface area contributed by atoms with Crippen molar-refractivity contribution in [3.63, 3.8) is 0 Å². The molecule has 0 radical (unpaired) electrons. The third-order valence-electron chi connectivity index (χ3n) is 7.62. The quantitative estimate of drug-likeness (QED) is 0.323. The van der Waals surface area contributed by atoms with Gasteiger partial charge in [-0.2, -0.15) is 0 Å². The van der Waals surface area contributed by atoms with Gasteiger partial charge in [-0.05, 0) is 89.5 Å². The molecule has 0 amide bonds. The maximum Gasteiger partial charge on any atom is 0.326 e. The zero-order valence-corrected chi connectivity index (χ0v) is 25.7. The summed E-state index contributed by atoms with van der Waals surface area (Å²) in [5.74, 6) is 2.02. The minimum Gasteiger partial charge on any atom is -0.435 e. The Morgan fingerprint density at radius 1 is 0.622 bits per heavy atom. The van der Waals surface area contributed by atoms with Crippen LogP contribution in [0, 0.1) is 20.8 Å². The lowest BCUT2D eigenvalue weighted by Gasteiger charge is -2.33. The molecule has 0 aliphatic carbocycles. The first-order valence-corrected chi connectivity index (χ1v) is 15.0. The fraction of sp³-hybridized carbons (Fsp3) is 0.471. The molecule has 37 heavy (non-hydrogen) atoms. The molecule has 0 fully saturated rings. The van der Waals surface area contributed by atoms with Gasteiger partial charge in [-0.3, -0.25) is 0 Å². The van der Waals surface area contributed by atoms with Gasteiger partial charge in [0.2, 0.25) is 0 Å². The minimum absolute atomic E-state index is 0.0433. The topological polar surface area (TPSA) is 18.5 Å². The van der Waals surface area contributed by atoms with Gasteiger partial charge >= 0.3 is 8.38 Å². The average molecular weight is 517 g/mol. The second kappa shape index (κ2) is 10.1. The normalized spacial score (nSPS) is 14.2. The van der Waals surface area contributed by atoms with E-state index in [4.69, 9.17) is 9.05 Å². The number of aryl methyl sites for hydroxylation is 5. The Bertz CT molecular complexity index is 1250. The third kappa shape index (κ3) is 5.61. The maximum absolute atomic E-state index is 7.08. The highest BCUT2D eigenvalue weighted by Crippen LogP contribution is 2.51. The van der Waals surface area contributed by atoms with Crippen LogP contribution in [0.4, 0.5) is 0 Å². The first-order chi connectivity index (χ1) is 17.2. The van der Waals surface area contributed by atoms with Crippen molar-refractivity contribution < 1.29 is 9.05 Å². The molecule has 3 aromatic carbocycles. The first kappa shape index (κ1) is 27.7. The molecule has 0 bridgehead atoms. The molecule has 198 valence electrons. The summed E-state index contributed by atoms with van der Waals surface area (Å²) in [6.07, 6.45) is 2.83. The molecule has 0 N–H and O–H groups in total. The molecule has 0 unspecified atom stereocenters. The van der Waals surface area contributed by atoms with Gasteiger partial charge < -0.3 is 9.05 Å². The number of rotatable bonds is 3. The summed E-state index contributed by atoms with van der Waals surface area (Å²) < 4.78 is 14.2. The number of benzene rings is 3. The largest absolute Gasteiger partial charge is 0.435 e. The number of hydrogen-bond acceptors (Lipinski definition) is 2. The molecule has 1 heterocycles. The van der Waals surface area contributed by atoms with Gasteiger partial charge in [0, 0.05) is 17.5 Å². The maximum atomic E-state index is 7.08. The monoisotopic (exact) mass is 516 g/mol. The molecule has 2 nitrogen and oxygen atoms in total. The van der Waals surface area contributed by atoms with Gasteiger partial charge in [0.05, 0.1) is 5.30 Å². The molecule has 0 spiro atoms. The zero-order chi connectivity index (χ0) is 27.3. The fourth-order valence-electron chi connectivity index (χ4n) is 5.14. The molecule has 1 aliphatic heterocycles. The Labute approximate surface area is 226 Å². The number of fused-ring (bicyclic) bond motifs is 2. The zero-order valence-electron chi connectivity index (χ0n) is 24.8. The van der Waals surface area contributed by atoms with E-state index >= 15 is 0 Å². The summed E-state index contributed by atoms with van der Waals surface area (Å²) in [5, 5.41) is 1.16. The van der Waals surface area contributed by atoms with E-state index in [1.165, 1.54) is 50.1 Å². The van der Waals surface area contributed by atoms with Crippen LogP contribution in [0.5, 0.6) is 11.5 Å². The second-order valence-corrected chi connectivity index (χ2v) is 14.2. The molecular weight excluding hydrogens is 471 g/mol. The Kier molecular flexibility index (Phi) is 7.57. The van der Waals surface area contributed by atoms with Crippen LogP contribution in [0.2, 0.25) is 0 Å². The molecule has 0 saturated carbocycles. The predicted molar refractivity (Wildman–Crippen MR) is 160 cm³/mol. The van der Waals surface area contributed by atoms with Gasteiger partial charge in [-0.1, -0.05) is 85.7 Å². The first-order valence-electron chi connectivity index (χ1n) is 13.8. The van der Waals surface area contributed by atoms with Crippen LogP contribution in [-0.4, -0.2) is 0 Å². The van der Waals surface area contributed by atoms with Crippen LogP contribution >= 0.6 is 8.38 Å². The summed E-state index contributed by atoms with van der Waals surface area (Å²) in [6, 6.07) is 14.0. The van der Waals surface area contributed by atoms with E-state index in [9.17, 15) is 0 Å². The summed E-state index contributed by atoms with van der Waals surface area (Å²) in [5.41, 5.74) is 11.5. The van der Waals surface area contributed by atoms with Crippen molar-refractivity contribution in [2.45, 2.75) is 106 Å². The minimum atomic E-state index is -1.39. The second-order valence-electron chi connectivity index (χ2n) is 12.8. The van der Waals surface area contributed by atoms with Crippen molar-refractivity contribution in [3.05, 3.63) is 86.5 Å². The van der Waals surface area contributed by atoms with Crippen molar-refractivity contribution >= 4 is 13.7 Å². The molecule has 3 aromatic rings. The Morgan fingerprint density at radius 2 is 1.05 bits per heavy atom. The van der Waals surface area contributed by atoms with E-state index in [1.54, 1.807) is 0 Å². The van der Waals surface area contributed by atoms with Crippen LogP contribution in [0.15, 0.2) is 36.4 Å². The van der Waals surface area contributed by atoms with Gasteiger partial charge in [0.25, 0.3) is 0 Å². The van der Waals surface area contributed by atoms with Gasteiger partial charge in [0.15, 0.2) is 0 Å². The smallest absolute Gasteiger partial charge is 0.326 e.